The van der Waals surface area contributed by atoms with Gasteiger partial charge in [0.2, 0.25) is 0 Å². The van der Waals surface area contributed by atoms with E-state index in [4.69, 9.17) is 0 Å². The molecular weight excluding hydrogens is 180 g/mol. The van der Waals surface area contributed by atoms with E-state index in [1.807, 2.05) is 0 Å². The molecule has 4 unspecified atom stereocenters. The summed E-state index contributed by atoms with van der Waals surface area (Å²) >= 11 is 0. The van der Waals surface area contributed by atoms with Crippen LogP contribution >= 0.6 is 0 Å². The van der Waals surface area contributed by atoms with E-state index in [1.54, 1.807) is 11.1 Å². The Hall–Kier alpha value is -1.04. The lowest BCUT2D eigenvalue weighted by molar-refractivity contribution is 0.243. The van der Waals surface area contributed by atoms with Crippen molar-refractivity contribution in [1.82, 2.24) is 0 Å². The van der Waals surface area contributed by atoms with Crippen molar-refractivity contribution in [3.8, 4) is 0 Å². The van der Waals surface area contributed by atoms with Crippen LogP contribution in [0.5, 0.6) is 0 Å². The van der Waals surface area contributed by atoms with Gasteiger partial charge in [-0.3, -0.25) is 0 Å². The van der Waals surface area contributed by atoms with E-state index in [2.05, 4.69) is 36.4 Å². The second kappa shape index (κ2) is 2.75. The molecule has 4 rings (SSSR count). The highest BCUT2D eigenvalue weighted by molar-refractivity contribution is 5.38. The molecule has 0 spiro atoms. The van der Waals surface area contributed by atoms with Crippen LogP contribution in [0.25, 0.3) is 0 Å². The molecule has 1 saturated carbocycles. The van der Waals surface area contributed by atoms with Gasteiger partial charge in [-0.15, -0.1) is 0 Å². The summed E-state index contributed by atoms with van der Waals surface area (Å²) in [4.78, 5) is 0. The Morgan fingerprint density at radius 3 is 2.93 bits per heavy atom. The number of hydrogen-bond donors (Lipinski definition) is 0. The molecule has 1 fully saturated rings. The molecule has 1 aromatic rings. The minimum atomic E-state index is 0.875. The number of rotatable bonds is 0. The molecule has 3 aliphatic carbocycles. The predicted octanol–water partition coefficient (Wildman–Crippen LogP) is 3.54. The van der Waals surface area contributed by atoms with E-state index in [0.717, 1.165) is 23.7 Å². The first-order chi connectivity index (χ1) is 7.42. The average Bonchev–Trinajstić information content (AvgIpc) is 2.83. The molecular formula is C15H16. The summed E-state index contributed by atoms with van der Waals surface area (Å²) in [6.07, 6.45) is 9.17. The van der Waals surface area contributed by atoms with Crippen LogP contribution in [0, 0.1) is 17.8 Å². The first-order valence-electron chi connectivity index (χ1n) is 6.18. The summed E-state index contributed by atoms with van der Waals surface area (Å²) in [7, 11) is 0. The van der Waals surface area contributed by atoms with Gasteiger partial charge in [-0.1, -0.05) is 36.4 Å². The molecule has 0 radical (unpaired) electrons. The van der Waals surface area contributed by atoms with Crippen molar-refractivity contribution in [1.29, 1.82) is 0 Å². The van der Waals surface area contributed by atoms with Gasteiger partial charge in [0.25, 0.3) is 0 Å². The van der Waals surface area contributed by atoms with Crippen molar-refractivity contribution in [3.63, 3.8) is 0 Å². The summed E-state index contributed by atoms with van der Waals surface area (Å²) in [5.41, 5.74) is 3.30. The van der Waals surface area contributed by atoms with Gasteiger partial charge in [-0.05, 0) is 54.1 Å². The Kier molecular flexibility index (Phi) is 1.49. The lowest BCUT2D eigenvalue weighted by atomic mass is 9.72. The lowest BCUT2D eigenvalue weighted by Crippen LogP contribution is -2.23. The summed E-state index contributed by atoms with van der Waals surface area (Å²) in [5.74, 6) is 3.58. The van der Waals surface area contributed by atoms with Crippen LogP contribution < -0.4 is 0 Å². The smallest absolute Gasteiger partial charge is 0.0116 e. The summed E-state index contributed by atoms with van der Waals surface area (Å²) < 4.78 is 0. The molecule has 0 heteroatoms. The van der Waals surface area contributed by atoms with Gasteiger partial charge < -0.3 is 0 Å². The van der Waals surface area contributed by atoms with Crippen LogP contribution in [-0.2, 0) is 6.42 Å². The van der Waals surface area contributed by atoms with Gasteiger partial charge >= 0.3 is 0 Å². The third kappa shape index (κ3) is 1.03. The van der Waals surface area contributed by atoms with Crippen molar-refractivity contribution in [2.75, 3.05) is 0 Å². The molecule has 0 amide bonds. The van der Waals surface area contributed by atoms with Crippen molar-refractivity contribution < 1.29 is 0 Å². The van der Waals surface area contributed by atoms with Crippen molar-refractivity contribution in [2.45, 2.75) is 25.2 Å². The maximum absolute atomic E-state index is 2.50. The largest absolute Gasteiger partial charge is 0.0851 e. The topological polar surface area (TPSA) is 0 Å². The zero-order valence-corrected chi connectivity index (χ0v) is 8.89. The fraction of sp³-hybridized carbons (Fsp3) is 0.467. The number of allylic oxidation sites excluding steroid dienone is 2. The zero-order chi connectivity index (χ0) is 9.83. The average molecular weight is 196 g/mol. The summed E-state index contributed by atoms with van der Waals surface area (Å²) in [6, 6.07) is 9.12. The van der Waals surface area contributed by atoms with Crippen LogP contribution in [0.1, 0.15) is 29.9 Å². The Labute approximate surface area is 91.0 Å². The molecule has 76 valence electrons. The minimum Gasteiger partial charge on any atom is -0.0851 e. The second-order valence-corrected chi connectivity index (χ2v) is 5.45. The third-order valence-corrected chi connectivity index (χ3v) is 4.74. The van der Waals surface area contributed by atoms with Gasteiger partial charge in [0.1, 0.15) is 0 Å². The van der Waals surface area contributed by atoms with Crippen LogP contribution in [0.4, 0.5) is 0 Å². The maximum Gasteiger partial charge on any atom is -0.0116 e. The number of benzene rings is 1. The lowest BCUT2D eigenvalue weighted by Gasteiger charge is -2.32. The van der Waals surface area contributed by atoms with Crippen LogP contribution in [0.2, 0.25) is 0 Å². The second-order valence-electron chi connectivity index (χ2n) is 5.45. The van der Waals surface area contributed by atoms with Gasteiger partial charge in [-0.25, -0.2) is 0 Å². The Morgan fingerprint density at radius 1 is 1.00 bits per heavy atom. The molecule has 0 aromatic heterocycles. The van der Waals surface area contributed by atoms with Crippen LogP contribution in [0.15, 0.2) is 36.4 Å². The number of fused-ring (bicyclic) bond motifs is 6. The van der Waals surface area contributed by atoms with Gasteiger partial charge in [-0.2, -0.15) is 0 Å². The monoisotopic (exact) mass is 196 g/mol. The van der Waals surface area contributed by atoms with E-state index in [1.165, 1.54) is 19.3 Å². The Morgan fingerprint density at radius 2 is 1.93 bits per heavy atom. The highest BCUT2D eigenvalue weighted by atomic mass is 14.5. The molecule has 0 saturated heterocycles. The molecule has 1 aromatic carbocycles. The number of hydrogen-bond acceptors (Lipinski definition) is 0. The van der Waals surface area contributed by atoms with E-state index >= 15 is 0 Å². The molecule has 3 aliphatic rings. The Bertz CT molecular complexity index is 429. The molecule has 0 heterocycles. The summed E-state index contributed by atoms with van der Waals surface area (Å²) in [5, 5.41) is 0. The first-order valence-corrected chi connectivity index (χ1v) is 6.18. The molecule has 2 bridgehead atoms. The van der Waals surface area contributed by atoms with Gasteiger partial charge in [0.05, 0.1) is 0 Å². The normalized spacial score (nSPS) is 40.3. The van der Waals surface area contributed by atoms with Crippen molar-refractivity contribution in [2.24, 2.45) is 17.8 Å². The van der Waals surface area contributed by atoms with Gasteiger partial charge in [0.15, 0.2) is 0 Å². The molecule has 4 atom stereocenters. The quantitative estimate of drug-likeness (QED) is 0.557. The summed E-state index contributed by atoms with van der Waals surface area (Å²) in [6.45, 7) is 0. The third-order valence-electron chi connectivity index (χ3n) is 4.74. The van der Waals surface area contributed by atoms with Crippen molar-refractivity contribution >= 4 is 0 Å². The standard InChI is InChI=1S/C15H16/c1-2-4-13-11(3-1)9-14-12-6-5-10(7-12)8-15(13)14/h1-6,10,12,14-15H,7-9H2. The molecule has 15 heavy (non-hydrogen) atoms. The highest BCUT2D eigenvalue weighted by Gasteiger charge is 2.43. The van der Waals surface area contributed by atoms with Gasteiger partial charge in [0, 0.05) is 0 Å². The fourth-order valence-corrected chi connectivity index (χ4v) is 4.09. The molecule has 0 nitrogen and oxygen atoms in total. The van der Waals surface area contributed by atoms with E-state index in [9.17, 15) is 0 Å². The van der Waals surface area contributed by atoms with Crippen molar-refractivity contribution in [3.05, 3.63) is 47.5 Å². The van der Waals surface area contributed by atoms with E-state index in [0.29, 0.717) is 0 Å². The maximum atomic E-state index is 2.50. The SMILES string of the molecule is C1=CC2CC1CC1c3ccccc3CC21. The molecule has 0 aliphatic heterocycles. The van der Waals surface area contributed by atoms with Crippen LogP contribution in [0.3, 0.4) is 0 Å². The van der Waals surface area contributed by atoms with Crippen LogP contribution in [-0.4, -0.2) is 0 Å². The zero-order valence-electron chi connectivity index (χ0n) is 8.89. The highest BCUT2D eigenvalue weighted by Crippen LogP contribution is 2.53. The molecule has 0 N–H and O–H groups in total. The minimum absolute atomic E-state index is 0.875. The first kappa shape index (κ1) is 8.15. The Balaban J connectivity index is 1.80. The fourth-order valence-electron chi connectivity index (χ4n) is 4.09. The van der Waals surface area contributed by atoms with E-state index < -0.39 is 0 Å². The van der Waals surface area contributed by atoms with E-state index in [-0.39, 0.29) is 0 Å². The predicted molar refractivity (Wildman–Crippen MR) is 61.7 cm³/mol.